The standard InChI is InChI=1S/C12H9N3O5S2/c1-15-9-3-2-7(6-8(9)10(16)20-12(15)17)22(18,19)14-11-13-4-5-21-11/h2-6H,1H3,(H,13,14). The van der Waals surface area contributed by atoms with E-state index in [-0.39, 0.29) is 20.9 Å². The molecule has 8 nitrogen and oxygen atoms in total. The van der Waals surface area contributed by atoms with E-state index in [0.29, 0.717) is 0 Å². The third kappa shape index (κ3) is 2.42. The van der Waals surface area contributed by atoms with Crippen molar-refractivity contribution in [1.82, 2.24) is 9.55 Å². The average Bonchev–Trinajstić information content (AvgIpc) is 2.96. The van der Waals surface area contributed by atoms with Crippen molar-refractivity contribution in [3.05, 3.63) is 50.7 Å². The van der Waals surface area contributed by atoms with Crippen LogP contribution in [0.2, 0.25) is 0 Å². The summed E-state index contributed by atoms with van der Waals surface area (Å²) in [6.45, 7) is 0. The Kier molecular flexibility index (Phi) is 3.34. The molecule has 3 rings (SSSR count). The average molecular weight is 339 g/mol. The smallest absolute Gasteiger partial charge is 0.372 e. The van der Waals surface area contributed by atoms with E-state index in [4.69, 9.17) is 0 Å². The van der Waals surface area contributed by atoms with Crippen molar-refractivity contribution in [2.24, 2.45) is 7.05 Å². The molecule has 0 amide bonds. The van der Waals surface area contributed by atoms with Gasteiger partial charge in [-0.05, 0) is 18.2 Å². The minimum atomic E-state index is -3.88. The quantitative estimate of drug-likeness (QED) is 0.754. The molecule has 10 heteroatoms. The van der Waals surface area contributed by atoms with Crippen LogP contribution in [0.1, 0.15) is 0 Å². The van der Waals surface area contributed by atoms with E-state index < -0.39 is 21.4 Å². The number of hydrogen-bond acceptors (Lipinski definition) is 7. The van der Waals surface area contributed by atoms with Crippen molar-refractivity contribution in [1.29, 1.82) is 0 Å². The van der Waals surface area contributed by atoms with Gasteiger partial charge in [0, 0.05) is 18.6 Å². The molecule has 114 valence electrons. The summed E-state index contributed by atoms with van der Waals surface area (Å²) in [5.74, 6) is -0.811. The Labute approximate surface area is 127 Å². The van der Waals surface area contributed by atoms with Gasteiger partial charge in [-0.3, -0.25) is 9.29 Å². The molecule has 1 N–H and O–H groups in total. The highest BCUT2D eigenvalue weighted by molar-refractivity contribution is 7.93. The lowest BCUT2D eigenvalue weighted by molar-refractivity contribution is 0.432. The zero-order valence-electron chi connectivity index (χ0n) is 11.1. The maximum absolute atomic E-state index is 12.3. The molecule has 0 bridgehead atoms. The van der Waals surface area contributed by atoms with Gasteiger partial charge in [-0.1, -0.05) is 0 Å². The lowest BCUT2D eigenvalue weighted by Gasteiger charge is -2.07. The lowest BCUT2D eigenvalue weighted by Crippen LogP contribution is -2.23. The molecule has 0 aliphatic heterocycles. The molecule has 0 aliphatic carbocycles. The highest BCUT2D eigenvalue weighted by Gasteiger charge is 2.18. The zero-order chi connectivity index (χ0) is 15.9. The van der Waals surface area contributed by atoms with Crippen molar-refractivity contribution in [3.8, 4) is 0 Å². The number of rotatable bonds is 3. The number of aromatic nitrogens is 2. The van der Waals surface area contributed by atoms with Crippen molar-refractivity contribution in [2.45, 2.75) is 4.90 Å². The summed E-state index contributed by atoms with van der Waals surface area (Å²) in [7, 11) is -2.46. The second-order valence-corrected chi connectivity index (χ2v) is 6.91. The van der Waals surface area contributed by atoms with Crippen molar-refractivity contribution < 1.29 is 12.8 Å². The van der Waals surface area contributed by atoms with Gasteiger partial charge >= 0.3 is 11.4 Å². The largest absolute Gasteiger partial charge is 0.422 e. The molecule has 0 saturated carbocycles. The molecule has 1 aromatic carbocycles. The Hall–Kier alpha value is -2.46. The second-order valence-electron chi connectivity index (χ2n) is 4.34. The van der Waals surface area contributed by atoms with E-state index in [0.717, 1.165) is 22.0 Å². The first kappa shape index (κ1) is 14.5. The van der Waals surface area contributed by atoms with Crippen LogP contribution in [0.4, 0.5) is 5.13 Å². The van der Waals surface area contributed by atoms with Crippen LogP contribution in [-0.2, 0) is 17.1 Å². The SMILES string of the molecule is Cn1c(=O)oc(=O)c2cc(S(=O)(=O)Nc3nccs3)ccc21. The highest BCUT2D eigenvalue weighted by Crippen LogP contribution is 2.20. The van der Waals surface area contributed by atoms with E-state index >= 15 is 0 Å². The predicted octanol–water partition coefficient (Wildman–Crippen LogP) is 0.749. The molecule has 0 fully saturated rings. The van der Waals surface area contributed by atoms with Crippen LogP contribution < -0.4 is 16.1 Å². The summed E-state index contributed by atoms with van der Waals surface area (Å²) in [5.41, 5.74) is -0.598. The van der Waals surface area contributed by atoms with Crippen LogP contribution in [0.3, 0.4) is 0 Å². The van der Waals surface area contributed by atoms with E-state index in [2.05, 4.69) is 14.1 Å². The molecule has 0 saturated heterocycles. The minimum Gasteiger partial charge on any atom is -0.372 e. The predicted molar refractivity (Wildman–Crippen MR) is 80.6 cm³/mol. The van der Waals surface area contributed by atoms with Crippen molar-refractivity contribution >= 4 is 37.4 Å². The fourth-order valence-electron chi connectivity index (χ4n) is 1.89. The Balaban J connectivity index is 2.17. The van der Waals surface area contributed by atoms with Crippen LogP contribution in [0, 0.1) is 0 Å². The number of nitrogens with one attached hydrogen (secondary N) is 1. The molecular formula is C12H9N3O5S2. The fourth-order valence-corrected chi connectivity index (χ4v) is 3.70. The molecule has 3 aromatic rings. The Morgan fingerprint density at radius 3 is 2.77 bits per heavy atom. The van der Waals surface area contributed by atoms with Crippen LogP contribution >= 0.6 is 11.3 Å². The maximum Gasteiger partial charge on any atom is 0.422 e. The van der Waals surface area contributed by atoms with Gasteiger partial charge < -0.3 is 4.42 Å². The summed E-state index contributed by atoms with van der Waals surface area (Å²) in [4.78, 5) is 26.9. The number of thiazole rings is 1. The Morgan fingerprint density at radius 1 is 1.32 bits per heavy atom. The van der Waals surface area contributed by atoms with Gasteiger partial charge in [-0.15, -0.1) is 11.3 Å². The summed E-state index contributed by atoms with van der Waals surface area (Å²) in [6.07, 6.45) is 1.47. The molecule has 2 aromatic heterocycles. The maximum atomic E-state index is 12.3. The van der Waals surface area contributed by atoms with Gasteiger partial charge in [0.2, 0.25) is 0 Å². The topological polar surface area (TPSA) is 111 Å². The molecule has 0 unspecified atom stereocenters. The number of nitrogens with zero attached hydrogens (tertiary/aromatic N) is 2. The number of fused-ring (bicyclic) bond motifs is 1. The number of anilines is 1. The van der Waals surface area contributed by atoms with Crippen molar-refractivity contribution in [3.63, 3.8) is 0 Å². The van der Waals surface area contributed by atoms with Gasteiger partial charge in [0.1, 0.15) is 0 Å². The van der Waals surface area contributed by atoms with Gasteiger partial charge in [0.25, 0.3) is 10.0 Å². The molecule has 0 atom stereocenters. The summed E-state index contributed by atoms with van der Waals surface area (Å²) in [6, 6.07) is 3.85. The zero-order valence-corrected chi connectivity index (χ0v) is 12.8. The molecule has 0 aliphatic rings. The summed E-state index contributed by atoms with van der Waals surface area (Å²) in [5, 5.41) is 1.85. The number of benzene rings is 1. The lowest BCUT2D eigenvalue weighted by atomic mass is 10.2. The summed E-state index contributed by atoms with van der Waals surface area (Å²) >= 11 is 1.13. The first-order chi connectivity index (χ1) is 10.4. The van der Waals surface area contributed by atoms with E-state index in [1.807, 2.05) is 0 Å². The van der Waals surface area contributed by atoms with Crippen LogP contribution in [0.15, 0.2) is 48.7 Å². The first-order valence-electron chi connectivity index (χ1n) is 5.95. The minimum absolute atomic E-state index is 0.00381. The van der Waals surface area contributed by atoms with Gasteiger partial charge in [-0.25, -0.2) is 23.0 Å². The van der Waals surface area contributed by atoms with Crippen LogP contribution in [0.25, 0.3) is 10.9 Å². The Morgan fingerprint density at radius 2 is 2.09 bits per heavy atom. The van der Waals surface area contributed by atoms with Gasteiger partial charge in [0.15, 0.2) is 5.13 Å². The van der Waals surface area contributed by atoms with Crippen LogP contribution in [-0.4, -0.2) is 18.0 Å². The van der Waals surface area contributed by atoms with E-state index in [1.54, 1.807) is 5.38 Å². The van der Waals surface area contributed by atoms with E-state index in [1.165, 1.54) is 25.4 Å². The van der Waals surface area contributed by atoms with Crippen LogP contribution in [0.5, 0.6) is 0 Å². The number of hydrogen-bond donors (Lipinski definition) is 1. The highest BCUT2D eigenvalue weighted by atomic mass is 32.2. The third-order valence-corrected chi connectivity index (χ3v) is 5.12. The molecular weight excluding hydrogens is 330 g/mol. The molecule has 0 spiro atoms. The van der Waals surface area contributed by atoms with Crippen molar-refractivity contribution in [2.75, 3.05) is 4.72 Å². The Bertz CT molecular complexity index is 1060. The molecule has 22 heavy (non-hydrogen) atoms. The molecule has 2 heterocycles. The normalized spacial score (nSPS) is 11.7. The number of aryl methyl sites for hydroxylation is 1. The second kappa shape index (κ2) is 5.07. The first-order valence-corrected chi connectivity index (χ1v) is 8.31. The number of sulfonamides is 1. The molecule has 0 radical (unpaired) electrons. The van der Waals surface area contributed by atoms with Gasteiger partial charge in [0.05, 0.1) is 15.8 Å². The van der Waals surface area contributed by atoms with Gasteiger partial charge in [-0.2, -0.15) is 0 Å². The van der Waals surface area contributed by atoms with E-state index in [9.17, 15) is 18.0 Å². The fraction of sp³-hybridized carbons (Fsp3) is 0.0833. The monoisotopic (exact) mass is 339 g/mol. The summed E-state index contributed by atoms with van der Waals surface area (Å²) < 4.78 is 32.5. The third-order valence-electron chi connectivity index (χ3n) is 2.97.